The van der Waals surface area contributed by atoms with Crippen LogP contribution in [0.5, 0.6) is 5.88 Å². The molecule has 5 rings (SSSR count). The van der Waals surface area contributed by atoms with Gasteiger partial charge in [0, 0.05) is 61.0 Å². The summed E-state index contributed by atoms with van der Waals surface area (Å²) in [7, 11) is 0. The Morgan fingerprint density at radius 2 is 1.92 bits per heavy atom. The van der Waals surface area contributed by atoms with E-state index in [-0.39, 0.29) is 11.7 Å². The van der Waals surface area contributed by atoms with E-state index in [1.165, 1.54) is 12.3 Å². The van der Waals surface area contributed by atoms with Gasteiger partial charge in [0.15, 0.2) is 0 Å². The Morgan fingerprint density at radius 3 is 2.62 bits per heavy atom. The van der Waals surface area contributed by atoms with Gasteiger partial charge >= 0.3 is 6.18 Å². The lowest BCUT2D eigenvalue weighted by Gasteiger charge is -2.33. The second-order valence-corrected chi connectivity index (χ2v) is 8.78. The van der Waals surface area contributed by atoms with Crippen LogP contribution in [0.4, 0.5) is 24.5 Å². The first-order chi connectivity index (χ1) is 17.8. The summed E-state index contributed by atoms with van der Waals surface area (Å²) < 4.78 is 50.6. The number of anilines is 2. The SMILES string of the molecule is Cc1ncc(NC(=O)c2ccnc(C(F)(F)F)c2)cc1-c1cnc(OC2CNC2)c(N2CCOCC2)c1. The molecule has 2 aliphatic heterocycles. The van der Waals surface area contributed by atoms with E-state index in [4.69, 9.17) is 9.47 Å². The van der Waals surface area contributed by atoms with Gasteiger partial charge in [0.05, 0.1) is 25.1 Å². The molecule has 2 N–H and O–H groups in total. The minimum Gasteiger partial charge on any atom is -0.470 e. The van der Waals surface area contributed by atoms with Crippen molar-refractivity contribution in [1.29, 1.82) is 0 Å². The first kappa shape index (κ1) is 24.9. The van der Waals surface area contributed by atoms with E-state index >= 15 is 0 Å². The molecule has 1 amide bonds. The summed E-state index contributed by atoms with van der Waals surface area (Å²) in [6, 6.07) is 5.64. The second-order valence-electron chi connectivity index (χ2n) is 8.78. The number of halogens is 3. The van der Waals surface area contributed by atoms with Gasteiger partial charge in [0.25, 0.3) is 5.91 Å². The summed E-state index contributed by atoms with van der Waals surface area (Å²) in [5, 5.41) is 5.81. The molecule has 0 unspecified atom stereocenters. The van der Waals surface area contributed by atoms with Crippen LogP contribution in [-0.2, 0) is 10.9 Å². The van der Waals surface area contributed by atoms with Crippen LogP contribution in [0.15, 0.2) is 42.9 Å². The van der Waals surface area contributed by atoms with Crippen molar-refractivity contribution in [3.63, 3.8) is 0 Å². The summed E-state index contributed by atoms with van der Waals surface area (Å²) in [4.78, 5) is 27.1. The van der Waals surface area contributed by atoms with Gasteiger partial charge in [0.1, 0.15) is 17.5 Å². The topological polar surface area (TPSA) is 102 Å². The first-order valence-electron chi connectivity index (χ1n) is 11.8. The molecule has 3 aromatic heterocycles. The van der Waals surface area contributed by atoms with Crippen molar-refractivity contribution >= 4 is 17.3 Å². The van der Waals surface area contributed by atoms with Gasteiger partial charge in [-0.2, -0.15) is 13.2 Å². The zero-order chi connectivity index (χ0) is 26.0. The largest absolute Gasteiger partial charge is 0.470 e. The summed E-state index contributed by atoms with van der Waals surface area (Å²) in [5.41, 5.74) is 2.08. The van der Waals surface area contributed by atoms with Gasteiger partial charge in [-0.1, -0.05) is 0 Å². The van der Waals surface area contributed by atoms with Crippen LogP contribution in [0, 0.1) is 6.92 Å². The lowest BCUT2D eigenvalue weighted by molar-refractivity contribution is -0.141. The van der Waals surface area contributed by atoms with Crippen molar-refractivity contribution in [3.05, 3.63) is 59.8 Å². The number of aromatic nitrogens is 3. The number of carbonyl (C=O) groups is 1. The van der Waals surface area contributed by atoms with E-state index in [2.05, 4.69) is 30.5 Å². The van der Waals surface area contributed by atoms with Crippen molar-refractivity contribution < 1.29 is 27.4 Å². The number of hydrogen-bond acceptors (Lipinski definition) is 8. The van der Waals surface area contributed by atoms with Gasteiger partial charge in [-0.15, -0.1) is 0 Å². The molecular formula is C25H25F3N6O3. The summed E-state index contributed by atoms with van der Waals surface area (Å²) in [6.07, 6.45) is -0.477. The van der Waals surface area contributed by atoms with Crippen LogP contribution >= 0.6 is 0 Å². The Balaban J connectivity index is 1.42. The Hall–Kier alpha value is -3.77. The smallest absolute Gasteiger partial charge is 0.433 e. The first-order valence-corrected chi connectivity index (χ1v) is 11.8. The van der Waals surface area contributed by atoms with Crippen molar-refractivity contribution in [2.75, 3.05) is 49.6 Å². The zero-order valence-corrected chi connectivity index (χ0v) is 20.0. The molecule has 0 aromatic carbocycles. The molecule has 0 aliphatic carbocycles. The van der Waals surface area contributed by atoms with Crippen LogP contribution in [0.3, 0.4) is 0 Å². The minimum absolute atomic E-state index is 0.0612. The molecule has 37 heavy (non-hydrogen) atoms. The maximum absolute atomic E-state index is 13.0. The van der Waals surface area contributed by atoms with E-state index in [0.717, 1.165) is 36.1 Å². The average Bonchev–Trinajstić information content (AvgIpc) is 2.87. The normalized spacial score (nSPS) is 16.3. The maximum Gasteiger partial charge on any atom is 0.433 e. The summed E-state index contributed by atoms with van der Waals surface area (Å²) in [6.45, 7) is 5.95. The van der Waals surface area contributed by atoms with E-state index < -0.39 is 17.8 Å². The lowest BCUT2D eigenvalue weighted by atomic mass is 10.0. The Labute approximate surface area is 211 Å². The molecule has 2 saturated heterocycles. The third-order valence-corrected chi connectivity index (χ3v) is 6.17. The number of aryl methyl sites for hydroxylation is 1. The number of pyridine rings is 3. The van der Waals surface area contributed by atoms with Crippen molar-refractivity contribution in [2.24, 2.45) is 0 Å². The monoisotopic (exact) mass is 514 g/mol. The fourth-order valence-electron chi connectivity index (χ4n) is 4.04. The average molecular weight is 515 g/mol. The number of ether oxygens (including phenoxy) is 2. The number of hydrogen-bond donors (Lipinski definition) is 2. The molecule has 9 nitrogen and oxygen atoms in total. The number of rotatable bonds is 6. The van der Waals surface area contributed by atoms with Gasteiger partial charge < -0.3 is 25.0 Å². The molecule has 0 saturated carbocycles. The van der Waals surface area contributed by atoms with Crippen molar-refractivity contribution in [2.45, 2.75) is 19.2 Å². The number of nitrogens with zero attached hydrogens (tertiary/aromatic N) is 4. The molecule has 2 fully saturated rings. The quantitative estimate of drug-likeness (QED) is 0.517. The Bertz CT molecular complexity index is 1290. The Kier molecular flexibility index (Phi) is 6.94. The highest BCUT2D eigenvalue weighted by Gasteiger charge is 2.33. The number of nitrogens with one attached hydrogen (secondary N) is 2. The van der Waals surface area contributed by atoms with E-state index in [0.29, 0.717) is 49.6 Å². The molecule has 5 heterocycles. The van der Waals surface area contributed by atoms with E-state index in [1.54, 1.807) is 12.3 Å². The van der Waals surface area contributed by atoms with Gasteiger partial charge in [-0.25, -0.2) is 4.98 Å². The number of alkyl halides is 3. The van der Waals surface area contributed by atoms with Gasteiger partial charge in [-0.05, 0) is 31.2 Å². The minimum atomic E-state index is -4.65. The van der Waals surface area contributed by atoms with Crippen molar-refractivity contribution in [3.8, 4) is 17.0 Å². The van der Waals surface area contributed by atoms with Crippen LogP contribution in [-0.4, -0.2) is 66.4 Å². The highest BCUT2D eigenvalue weighted by Crippen LogP contribution is 2.34. The summed E-state index contributed by atoms with van der Waals surface area (Å²) in [5.74, 6) is -0.153. The van der Waals surface area contributed by atoms with E-state index in [9.17, 15) is 18.0 Å². The highest BCUT2D eigenvalue weighted by atomic mass is 19.4. The number of carbonyl (C=O) groups excluding carboxylic acids is 1. The predicted octanol–water partition coefficient (Wildman–Crippen LogP) is 3.31. The highest BCUT2D eigenvalue weighted by molar-refractivity contribution is 6.04. The molecule has 0 spiro atoms. The predicted molar refractivity (Wildman–Crippen MR) is 130 cm³/mol. The standard InChI is InChI=1S/C25H25F3N6O3/c1-15-20(10-18(12-31-15)33-23(35)16-2-3-30-22(9-16)25(26,27)28)17-8-21(34-4-6-36-7-5-34)24(32-11-17)37-19-13-29-14-19/h2-3,8-12,19,29H,4-7,13-14H2,1H3,(H,33,35). The molecule has 194 valence electrons. The Morgan fingerprint density at radius 1 is 1.14 bits per heavy atom. The van der Waals surface area contributed by atoms with E-state index in [1.807, 2.05) is 13.0 Å². The van der Waals surface area contributed by atoms with Crippen molar-refractivity contribution in [1.82, 2.24) is 20.3 Å². The fourth-order valence-corrected chi connectivity index (χ4v) is 4.04. The van der Waals surface area contributed by atoms with Crippen LogP contribution in [0.1, 0.15) is 21.7 Å². The molecule has 2 aliphatic rings. The molecule has 3 aromatic rings. The number of amides is 1. The zero-order valence-electron chi connectivity index (χ0n) is 20.0. The molecular weight excluding hydrogens is 489 g/mol. The fraction of sp³-hybridized carbons (Fsp3) is 0.360. The van der Waals surface area contributed by atoms with Gasteiger partial charge in [0.2, 0.25) is 5.88 Å². The van der Waals surface area contributed by atoms with Gasteiger partial charge in [-0.3, -0.25) is 14.8 Å². The third-order valence-electron chi connectivity index (χ3n) is 6.17. The van der Waals surface area contributed by atoms with Crippen LogP contribution in [0.25, 0.3) is 11.1 Å². The summed E-state index contributed by atoms with van der Waals surface area (Å²) >= 11 is 0. The van der Waals surface area contributed by atoms with Crippen LogP contribution in [0.2, 0.25) is 0 Å². The molecule has 12 heteroatoms. The molecule has 0 bridgehead atoms. The lowest BCUT2D eigenvalue weighted by Crippen LogP contribution is -2.50. The number of morpholine rings is 1. The second kappa shape index (κ2) is 10.3. The van der Waals surface area contributed by atoms with Crippen LogP contribution < -0.4 is 20.3 Å². The maximum atomic E-state index is 13.0. The molecule has 0 radical (unpaired) electrons. The molecule has 0 atom stereocenters. The third kappa shape index (κ3) is 5.65.